The number of aromatic hydroxyl groups is 1. The number of pyridine rings is 2. The Morgan fingerprint density at radius 3 is 2.38 bits per heavy atom. The van der Waals surface area contributed by atoms with Crippen molar-refractivity contribution in [2.75, 3.05) is 18.0 Å². The molecule has 1 amide bonds. The second-order valence-corrected chi connectivity index (χ2v) is 13.2. The monoisotopic (exact) mass is 702 g/mol. The highest BCUT2D eigenvalue weighted by Gasteiger charge is 2.36. The van der Waals surface area contributed by atoms with Crippen LogP contribution in [0.25, 0.3) is 28.0 Å². The number of anilines is 1. The number of fused-ring (bicyclic) bond motifs is 1. The Bertz CT molecular complexity index is 1980. The third-order valence-corrected chi connectivity index (χ3v) is 9.54. The highest BCUT2D eigenvalue weighted by atomic mass is 35.5. The van der Waals surface area contributed by atoms with E-state index in [2.05, 4.69) is 18.0 Å². The van der Waals surface area contributed by atoms with Gasteiger partial charge in [-0.05, 0) is 56.7 Å². The van der Waals surface area contributed by atoms with Gasteiger partial charge in [-0.25, -0.2) is 13.8 Å². The molecule has 5 rings (SSSR count). The normalized spacial score (nSPS) is 19.7. The molecule has 3 atom stereocenters. The Morgan fingerprint density at radius 1 is 1.19 bits per heavy atom. The summed E-state index contributed by atoms with van der Waals surface area (Å²) in [7, 11) is 0. The van der Waals surface area contributed by atoms with E-state index in [1.165, 1.54) is 16.7 Å². The van der Waals surface area contributed by atoms with Gasteiger partial charge in [0, 0.05) is 30.6 Å². The second-order valence-electron chi connectivity index (χ2n) is 12.0. The molecule has 2 aliphatic rings. The first-order chi connectivity index (χ1) is 22.2. The van der Waals surface area contributed by atoms with E-state index in [1.807, 2.05) is 39.5 Å². The zero-order valence-corrected chi connectivity index (χ0v) is 28.4. The molecular weight excluding hydrogens is 673 g/mol. The number of nitriles is 1. The van der Waals surface area contributed by atoms with Crippen molar-refractivity contribution >= 4 is 63.1 Å². The van der Waals surface area contributed by atoms with Gasteiger partial charge in [-0.2, -0.15) is 5.26 Å². The SMILES string of the molecule is C=CC(=O)N1[C@H](C)CN(c2c(C#N)c(=O)n(C3=C(C)C=CN[C@@H]3C(C)C)c3nc(-c4c(O)c(Cl)c(F)c(F)c4Cl)c(Cl)cc23)C[C@@H]1C. The van der Waals surface area contributed by atoms with Crippen LogP contribution in [0.4, 0.5) is 14.5 Å². The fourth-order valence-corrected chi connectivity index (χ4v) is 7.17. The molecule has 1 fully saturated rings. The molecule has 0 bridgehead atoms. The van der Waals surface area contributed by atoms with Crippen molar-refractivity contribution in [1.29, 1.82) is 5.26 Å². The Hall–Kier alpha value is -4.11. The average molecular weight is 704 g/mol. The van der Waals surface area contributed by atoms with Crippen LogP contribution >= 0.6 is 34.8 Å². The standard InChI is InChI=1S/C33H31Cl3F2N6O3/c1-7-21(45)43-16(5)12-42(13-17(43)6)30-18-10-20(34)28(22-23(35)25(37)26(38)24(36)31(22)46)41-32(18)44(33(47)19(30)11-39)29-15(4)8-9-40-27(29)14(2)3/h7-10,14,16-17,27,40,46H,1,12-13H2,2-6H3/t16-,17+,27-/m1/s1. The number of nitrogens with one attached hydrogen (secondary N) is 1. The minimum absolute atomic E-state index is 0.0155. The van der Waals surface area contributed by atoms with Crippen molar-refractivity contribution in [2.24, 2.45) is 5.92 Å². The van der Waals surface area contributed by atoms with Crippen LogP contribution in [-0.2, 0) is 4.79 Å². The van der Waals surface area contributed by atoms with Crippen molar-refractivity contribution in [2.45, 2.75) is 52.7 Å². The summed E-state index contributed by atoms with van der Waals surface area (Å²) in [6.45, 7) is 13.5. The Kier molecular flexibility index (Phi) is 9.34. The number of phenols is 1. The number of dihydropyridines is 1. The number of carbonyl (C=O) groups excluding carboxylic acids is 1. The van der Waals surface area contributed by atoms with Gasteiger partial charge < -0.3 is 20.2 Å². The first kappa shape index (κ1) is 34.2. The summed E-state index contributed by atoms with van der Waals surface area (Å²) in [6.07, 6.45) is 4.78. The van der Waals surface area contributed by atoms with Gasteiger partial charge in [0.25, 0.3) is 5.56 Å². The molecule has 0 unspecified atom stereocenters. The number of piperazine rings is 1. The molecule has 9 nitrogen and oxygen atoms in total. The molecule has 0 aliphatic carbocycles. The van der Waals surface area contributed by atoms with E-state index < -0.39 is 44.6 Å². The maximum absolute atomic E-state index is 14.9. The Labute approximate surface area is 284 Å². The molecule has 1 saturated heterocycles. The van der Waals surface area contributed by atoms with E-state index in [1.54, 1.807) is 17.2 Å². The fraction of sp³-hybridized carbons (Fsp3) is 0.333. The van der Waals surface area contributed by atoms with Crippen molar-refractivity contribution < 1.29 is 18.7 Å². The van der Waals surface area contributed by atoms with Crippen molar-refractivity contribution in [3.8, 4) is 23.1 Å². The number of aromatic nitrogens is 2. The minimum atomic E-state index is -1.55. The van der Waals surface area contributed by atoms with Crippen LogP contribution in [0.2, 0.25) is 15.1 Å². The third-order valence-electron chi connectivity index (χ3n) is 8.55. The van der Waals surface area contributed by atoms with E-state index in [9.17, 15) is 28.7 Å². The highest BCUT2D eigenvalue weighted by Crippen LogP contribution is 2.47. The minimum Gasteiger partial charge on any atom is -0.506 e. The van der Waals surface area contributed by atoms with Crippen LogP contribution in [-0.4, -0.2) is 56.7 Å². The van der Waals surface area contributed by atoms with Crippen LogP contribution in [0.3, 0.4) is 0 Å². The molecule has 1 aromatic carbocycles. The number of amides is 1. The van der Waals surface area contributed by atoms with E-state index in [0.717, 1.165) is 0 Å². The lowest BCUT2D eigenvalue weighted by Crippen LogP contribution is -2.58. The lowest BCUT2D eigenvalue weighted by molar-refractivity contribution is -0.130. The predicted octanol–water partition coefficient (Wildman–Crippen LogP) is 6.86. The lowest BCUT2D eigenvalue weighted by atomic mass is 9.94. The van der Waals surface area contributed by atoms with Gasteiger partial charge in [0.2, 0.25) is 5.91 Å². The molecule has 4 heterocycles. The quantitative estimate of drug-likeness (QED) is 0.170. The van der Waals surface area contributed by atoms with Crippen LogP contribution in [0, 0.1) is 28.9 Å². The number of hydrogen-bond acceptors (Lipinski definition) is 7. The Balaban J connectivity index is 1.92. The molecule has 2 aromatic heterocycles. The first-order valence-electron chi connectivity index (χ1n) is 14.7. The number of nitrogens with zero attached hydrogens (tertiary/aromatic N) is 5. The Morgan fingerprint density at radius 2 is 1.81 bits per heavy atom. The summed E-state index contributed by atoms with van der Waals surface area (Å²) in [5, 5.41) is 23.0. The number of carbonyl (C=O) groups is 1. The number of rotatable bonds is 5. The molecule has 246 valence electrons. The van der Waals surface area contributed by atoms with Gasteiger partial charge in [0.15, 0.2) is 11.6 Å². The zero-order chi connectivity index (χ0) is 34.6. The predicted molar refractivity (Wildman–Crippen MR) is 181 cm³/mol. The molecule has 2 N–H and O–H groups in total. The van der Waals surface area contributed by atoms with Gasteiger partial charge in [0.05, 0.1) is 38.7 Å². The number of phenolic OH excluding ortho intramolecular Hbond substituents is 1. The van der Waals surface area contributed by atoms with Gasteiger partial charge in [-0.1, -0.05) is 55.2 Å². The summed E-state index contributed by atoms with van der Waals surface area (Å²) < 4.78 is 30.6. The highest BCUT2D eigenvalue weighted by molar-refractivity contribution is 6.39. The second kappa shape index (κ2) is 12.8. The van der Waals surface area contributed by atoms with Gasteiger partial charge in [-0.15, -0.1) is 0 Å². The summed E-state index contributed by atoms with van der Waals surface area (Å²) in [4.78, 5) is 35.4. The van der Waals surface area contributed by atoms with E-state index in [0.29, 0.717) is 16.7 Å². The summed E-state index contributed by atoms with van der Waals surface area (Å²) in [6, 6.07) is 2.47. The summed E-state index contributed by atoms with van der Waals surface area (Å²) in [5.41, 5.74) is -0.142. The molecule has 3 aromatic rings. The smallest absolute Gasteiger partial charge is 0.276 e. The number of allylic oxidation sites excluding steroid dienone is 2. The van der Waals surface area contributed by atoms with Crippen LogP contribution in [0.1, 0.15) is 40.2 Å². The molecule has 47 heavy (non-hydrogen) atoms. The molecular formula is C33H31Cl3F2N6O3. The zero-order valence-electron chi connectivity index (χ0n) is 26.1. The van der Waals surface area contributed by atoms with Gasteiger partial charge in [0.1, 0.15) is 28.1 Å². The average Bonchev–Trinajstić information content (AvgIpc) is 3.02. The third kappa shape index (κ3) is 5.52. The molecule has 0 saturated carbocycles. The van der Waals surface area contributed by atoms with Crippen molar-refractivity contribution in [1.82, 2.24) is 19.8 Å². The van der Waals surface area contributed by atoms with E-state index in [-0.39, 0.29) is 64.6 Å². The maximum Gasteiger partial charge on any atom is 0.276 e. The van der Waals surface area contributed by atoms with E-state index in [4.69, 9.17) is 39.8 Å². The topological polar surface area (TPSA) is 114 Å². The maximum atomic E-state index is 14.9. The lowest BCUT2D eigenvalue weighted by Gasteiger charge is -2.45. The van der Waals surface area contributed by atoms with Gasteiger partial charge >= 0.3 is 0 Å². The van der Waals surface area contributed by atoms with Crippen LogP contribution < -0.4 is 15.8 Å². The number of hydrogen-bond donors (Lipinski definition) is 2. The van der Waals surface area contributed by atoms with Crippen molar-refractivity contribution in [3.63, 3.8) is 0 Å². The van der Waals surface area contributed by atoms with Gasteiger partial charge in [-0.3, -0.25) is 14.2 Å². The largest absolute Gasteiger partial charge is 0.506 e. The van der Waals surface area contributed by atoms with Crippen molar-refractivity contribution in [3.05, 3.63) is 79.2 Å². The number of benzene rings is 1. The molecule has 14 heteroatoms. The van der Waals surface area contributed by atoms with Crippen LogP contribution in [0.15, 0.2) is 41.4 Å². The summed E-state index contributed by atoms with van der Waals surface area (Å²) >= 11 is 18.9. The first-order valence-corrected chi connectivity index (χ1v) is 15.9. The summed E-state index contributed by atoms with van der Waals surface area (Å²) in [5.74, 6) is -4.25. The number of halogens is 5. The molecule has 0 spiro atoms. The molecule has 0 radical (unpaired) electrons. The molecule has 2 aliphatic heterocycles. The van der Waals surface area contributed by atoms with Crippen LogP contribution in [0.5, 0.6) is 5.75 Å². The fourth-order valence-electron chi connectivity index (χ4n) is 6.49. The van der Waals surface area contributed by atoms with E-state index >= 15 is 0 Å².